The third-order valence-corrected chi connectivity index (χ3v) is 4.27. The summed E-state index contributed by atoms with van der Waals surface area (Å²) in [5.74, 6) is 0. The van der Waals surface area contributed by atoms with E-state index in [2.05, 4.69) is 30.3 Å². The largest absolute Gasteiger partial charge is 0.314 e. The van der Waals surface area contributed by atoms with Gasteiger partial charge in [-0.15, -0.1) is 0 Å². The molecule has 2 atom stereocenters. The molecule has 0 spiro atoms. The van der Waals surface area contributed by atoms with Crippen molar-refractivity contribution in [2.45, 2.75) is 63.2 Å². The fourth-order valence-corrected chi connectivity index (χ4v) is 3.05. The Labute approximate surface area is 93.4 Å². The molecule has 1 aliphatic rings. The summed E-state index contributed by atoms with van der Waals surface area (Å²) >= 11 is 2.05. The molecule has 0 saturated heterocycles. The van der Waals surface area contributed by atoms with Crippen LogP contribution in [0.5, 0.6) is 0 Å². The van der Waals surface area contributed by atoms with Crippen LogP contribution in [-0.4, -0.2) is 24.1 Å². The maximum absolute atomic E-state index is 3.71. The molecule has 2 unspecified atom stereocenters. The topological polar surface area (TPSA) is 12.0 Å². The summed E-state index contributed by atoms with van der Waals surface area (Å²) in [5, 5.41) is 4.63. The van der Waals surface area contributed by atoms with Crippen molar-refractivity contribution in [3.63, 3.8) is 0 Å². The zero-order valence-corrected chi connectivity index (χ0v) is 10.5. The first kappa shape index (κ1) is 12.4. The highest BCUT2D eigenvalue weighted by atomic mass is 32.2. The van der Waals surface area contributed by atoms with Gasteiger partial charge in [-0.3, -0.25) is 0 Å². The average molecular weight is 215 g/mol. The lowest BCUT2D eigenvalue weighted by Gasteiger charge is -2.28. The first-order valence-electron chi connectivity index (χ1n) is 6.13. The van der Waals surface area contributed by atoms with Crippen molar-refractivity contribution in [1.82, 2.24) is 5.32 Å². The molecule has 1 saturated carbocycles. The highest BCUT2D eigenvalue weighted by Crippen LogP contribution is 2.26. The minimum Gasteiger partial charge on any atom is -0.314 e. The van der Waals surface area contributed by atoms with Crippen molar-refractivity contribution in [3.8, 4) is 0 Å². The molecule has 14 heavy (non-hydrogen) atoms. The van der Waals surface area contributed by atoms with Gasteiger partial charge in [0.15, 0.2) is 0 Å². The molecule has 1 N–H and O–H groups in total. The van der Waals surface area contributed by atoms with E-state index in [9.17, 15) is 0 Å². The van der Waals surface area contributed by atoms with Crippen molar-refractivity contribution < 1.29 is 0 Å². The van der Waals surface area contributed by atoms with E-state index >= 15 is 0 Å². The van der Waals surface area contributed by atoms with Crippen LogP contribution in [0.1, 0.15) is 51.9 Å². The molecule has 0 aromatic rings. The van der Waals surface area contributed by atoms with Gasteiger partial charge in [-0.1, -0.05) is 26.2 Å². The fraction of sp³-hybridized carbons (Fsp3) is 1.00. The van der Waals surface area contributed by atoms with Crippen LogP contribution >= 0.6 is 11.8 Å². The Morgan fingerprint density at radius 2 is 2.14 bits per heavy atom. The van der Waals surface area contributed by atoms with Crippen molar-refractivity contribution >= 4 is 11.8 Å². The Hall–Kier alpha value is 0.310. The van der Waals surface area contributed by atoms with Crippen LogP contribution in [0.15, 0.2) is 0 Å². The van der Waals surface area contributed by atoms with Gasteiger partial charge < -0.3 is 5.32 Å². The number of rotatable bonds is 6. The van der Waals surface area contributed by atoms with Crippen molar-refractivity contribution in [2.24, 2.45) is 0 Å². The van der Waals surface area contributed by atoms with E-state index in [4.69, 9.17) is 0 Å². The maximum atomic E-state index is 3.71. The molecule has 0 radical (unpaired) electrons. The van der Waals surface area contributed by atoms with E-state index in [1.807, 2.05) is 0 Å². The van der Waals surface area contributed by atoms with Gasteiger partial charge in [-0.2, -0.15) is 11.8 Å². The minimum atomic E-state index is 0.818. The Bertz CT molecular complexity index is 138. The minimum absolute atomic E-state index is 0.818. The fourth-order valence-electron chi connectivity index (χ4n) is 2.23. The summed E-state index contributed by atoms with van der Waals surface area (Å²) in [4.78, 5) is 0. The van der Waals surface area contributed by atoms with E-state index in [-0.39, 0.29) is 0 Å². The number of hydrogen-bond acceptors (Lipinski definition) is 2. The van der Waals surface area contributed by atoms with Gasteiger partial charge >= 0.3 is 0 Å². The maximum Gasteiger partial charge on any atom is 0.00776 e. The third-order valence-electron chi connectivity index (χ3n) is 3.17. The number of unbranched alkanes of at least 4 members (excludes halogenated alkanes) is 2. The van der Waals surface area contributed by atoms with Crippen LogP contribution in [0, 0.1) is 0 Å². The molecule has 1 aliphatic carbocycles. The van der Waals surface area contributed by atoms with Gasteiger partial charge in [-0.05, 0) is 38.5 Å². The summed E-state index contributed by atoms with van der Waals surface area (Å²) in [6, 6.07) is 0.818. The van der Waals surface area contributed by atoms with Crippen LogP contribution in [0.3, 0.4) is 0 Å². The molecule has 0 aliphatic heterocycles. The molecule has 1 nitrogen and oxygen atoms in total. The number of thioether (sulfide) groups is 1. The molecular formula is C12H25NS. The van der Waals surface area contributed by atoms with E-state index < -0.39 is 0 Å². The summed E-state index contributed by atoms with van der Waals surface area (Å²) < 4.78 is 0. The summed E-state index contributed by atoms with van der Waals surface area (Å²) in [7, 11) is 0. The van der Waals surface area contributed by atoms with Crippen LogP contribution in [0.2, 0.25) is 0 Å². The molecule has 0 heterocycles. The zero-order valence-electron chi connectivity index (χ0n) is 9.72. The predicted molar refractivity (Wildman–Crippen MR) is 67.1 cm³/mol. The molecule has 0 aromatic heterocycles. The van der Waals surface area contributed by atoms with E-state index in [0.29, 0.717) is 0 Å². The van der Waals surface area contributed by atoms with Gasteiger partial charge in [0.05, 0.1) is 0 Å². The second-order valence-corrected chi connectivity index (χ2v) is 5.52. The molecule has 0 bridgehead atoms. The van der Waals surface area contributed by atoms with Gasteiger partial charge in [-0.25, -0.2) is 0 Å². The summed E-state index contributed by atoms with van der Waals surface area (Å²) in [6.45, 7) is 3.50. The first-order chi connectivity index (χ1) is 6.86. The smallest absolute Gasteiger partial charge is 0.00776 e. The van der Waals surface area contributed by atoms with Gasteiger partial charge in [0.25, 0.3) is 0 Å². The quantitative estimate of drug-likeness (QED) is 0.681. The molecule has 1 rings (SSSR count). The molecular weight excluding hydrogens is 190 g/mol. The molecule has 1 fully saturated rings. The first-order valence-corrected chi connectivity index (χ1v) is 7.41. The Morgan fingerprint density at radius 1 is 1.29 bits per heavy atom. The standard InChI is InChI=1S/C12H25NS/c1-3-4-5-9-13-11-7-6-8-12(10-11)14-2/h11-13H,3-10H2,1-2H3. The number of hydrogen-bond donors (Lipinski definition) is 1. The highest BCUT2D eigenvalue weighted by Gasteiger charge is 2.20. The second kappa shape index (κ2) is 7.58. The average Bonchev–Trinajstić information content (AvgIpc) is 2.25. The lowest BCUT2D eigenvalue weighted by molar-refractivity contribution is 0.378. The third kappa shape index (κ3) is 4.70. The van der Waals surface area contributed by atoms with Gasteiger partial charge in [0.1, 0.15) is 0 Å². The van der Waals surface area contributed by atoms with E-state index in [0.717, 1.165) is 11.3 Å². The lowest BCUT2D eigenvalue weighted by atomic mass is 9.95. The Balaban J connectivity index is 2.05. The van der Waals surface area contributed by atoms with Crippen molar-refractivity contribution in [1.29, 1.82) is 0 Å². The van der Waals surface area contributed by atoms with E-state index in [1.165, 1.54) is 51.5 Å². The number of nitrogens with one attached hydrogen (secondary N) is 1. The zero-order chi connectivity index (χ0) is 10.2. The van der Waals surface area contributed by atoms with Gasteiger partial charge in [0, 0.05) is 11.3 Å². The van der Waals surface area contributed by atoms with E-state index in [1.54, 1.807) is 0 Å². The molecule has 84 valence electrons. The Morgan fingerprint density at radius 3 is 2.86 bits per heavy atom. The van der Waals surface area contributed by atoms with Crippen LogP contribution in [-0.2, 0) is 0 Å². The monoisotopic (exact) mass is 215 g/mol. The second-order valence-electron chi connectivity index (χ2n) is 4.38. The molecule has 0 aromatic carbocycles. The summed E-state index contributed by atoms with van der Waals surface area (Å²) in [6.07, 6.45) is 12.0. The lowest BCUT2D eigenvalue weighted by Crippen LogP contribution is -2.35. The summed E-state index contributed by atoms with van der Waals surface area (Å²) in [5.41, 5.74) is 0. The van der Waals surface area contributed by atoms with Crippen molar-refractivity contribution in [3.05, 3.63) is 0 Å². The van der Waals surface area contributed by atoms with Crippen molar-refractivity contribution in [2.75, 3.05) is 12.8 Å². The Kier molecular flexibility index (Phi) is 6.70. The van der Waals surface area contributed by atoms with Gasteiger partial charge in [0.2, 0.25) is 0 Å². The SMILES string of the molecule is CCCCCNC1CCCC(SC)C1. The van der Waals surface area contributed by atoms with Crippen LogP contribution < -0.4 is 5.32 Å². The highest BCUT2D eigenvalue weighted by molar-refractivity contribution is 7.99. The van der Waals surface area contributed by atoms with Crippen LogP contribution in [0.4, 0.5) is 0 Å². The molecule has 2 heteroatoms. The predicted octanol–water partition coefficient (Wildman–Crippen LogP) is 3.44. The normalized spacial score (nSPS) is 27.9. The molecule has 0 amide bonds. The van der Waals surface area contributed by atoms with Crippen LogP contribution in [0.25, 0.3) is 0 Å².